The van der Waals surface area contributed by atoms with Crippen LogP contribution in [0.4, 0.5) is 5.69 Å². The third-order valence-electron chi connectivity index (χ3n) is 3.64. The second-order valence-electron chi connectivity index (χ2n) is 5.76. The van der Waals surface area contributed by atoms with Gasteiger partial charge in [0.2, 0.25) is 0 Å². The molecule has 0 aliphatic rings. The van der Waals surface area contributed by atoms with Crippen LogP contribution in [0.2, 0.25) is 0 Å². The highest BCUT2D eigenvalue weighted by Crippen LogP contribution is 2.12. The van der Waals surface area contributed by atoms with Crippen LogP contribution in [-0.4, -0.2) is 24.5 Å². The predicted octanol–water partition coefficient (Wildman–Crippen LogP) is 3.37. The van der Waals surface area contributed by atoms with E-state index in [9.17, 15) is 9.59 Å². The summed E-state index contributed by atoms with van der Waals surface area (Å²) in [5.41, 5.74) is 2.10. The Labute approximate surface area is 148 Å². The highest BCUT2D eigenvalue weighted by atomic mass is 16.5. The van der Waals surface area contributed by atoms with Crippen molar-refractivity contribution in [3.8, 4) is 0 Å². The van der Waals surface area contributed by atoms with E-state index in [4.69, 9.17) is 4.74 Å². The molecule has 0 bridgehead atoms. The molecule has 2 amide bonds. The number of nitrogens with one attached hydrogen (secondary N) is 2. The lowest BCUT2D eigenvalue weighted by Crippen LogP contribution is -2.28. The molecule has 2 aromatic rings. The van der Waals surface area contributed by atoms with Gasteiger partial charge >= 0.3 is 0 Å². The normalized spacial score (nSPS) is 11.6. The van der Waals surface area contributed by atoms with E-state index in [1.54, 1.807) is 31.2 Å². The molecule has 5 nitrogen and oxygen atoms in total. The molecule has 0 spiro atoms. The summed E-state index contributed by atoms with van der Waals surface area (Å²) in [6.45, 7) is 4.69. The SMILES string of the molecule is CCCNC(=O)c1cccc(NC(=O)C(C)OCc2ccccc2)c1. The first kappa shape index (κ1) is 18.7. The van der Waals surface area contributed by atoms with Crippen molar-refractivity contribution in [2.24, 2.45) is 0 Å². The van der Waals surface area contributed by atoms with Gasteiger partial charge in [-0.05, 0) is 37.1 Å². The van der Waals surface area contributed by atoms with Gasteiger partial charge in [0.15, 0.2) is 0 Å². The van der Waals surface area contributed by atoms with E-state index < -0.39 is 6.10 Å². The average molecular weight is 340 g/mol. The standard InChI is InChI=1S/C20H24N2O3/c1-3-12-21-20(24)17-10-7-11-18(13-17)22-19(23)15(2)25-14-16-8-5-4-6-9-16/h4-11,13,15H,3,12,14H2,1-2H3,(H,21,24)(H,22,23). The molecule has 25 heavy (non-hydrogen) atoms. The van der Waals surface area contributed by atoms with Crippen LogP contribution < -0.4 is 10.6 Å². The lowest BCUT2D eigenvalue weighted by atomic mass is 10.2. The molecule has 0 saturated heterocycles. The molecular formula is C20H24N2O3. The first-order valence-electron chi connectivity index (χ1n) is 8.44. The van der Waals surface area contributed by atoms with Crippen LogP contribution in [0, 0.1) is 0 Å². The Morgan fingerprint density at radius 2 is 1.84 bits per heavy atom. The van der Waals surface area contributed by atoms with Crippen LogP contribution >= 0.6 is 0 Å². The topological polar surface area (TPSA) is 67.4 Å². The summed E-state index contributed by atoms with van der Waals surface area (Å²) < 4.78 is 5.60. The fourth-order valence-corrected chi connectivity index (χ4v) is 2.19. The lowest BCUT2D eigenvalue weighted by molar-refractivity contribution is -0.127. The fourth-order valence-electron chi connectivity index (χ4n) is 2.19. The molecule has 2 N–H and O–H groups in total. The Morgan fingerprint density at radius 3 is 2.56 bits per heavy atom. The number of carbonyl (C=O) groups excluding carboxylic acids is 2. The van der Waals surface area contributed by atoms with E-state index in [0.717, 1.165) is 12.0 Å². The van der Waals surface area contributed by atoms with Crippen LogP contribution in [0.15, 0.2) is 54.6 Å². The Bertz CT molecular complexity index is 701. The largest absolute Gasteiger partial charge is 0.364 e. The van der Waals surface area contributed by atoms with E-state index >= 15 is 0 Å². The first-order chi connectivity index (χ1) is 12.1. The number of carbonyl (C=O) groups is 2. The van der Waals surface area contributed by atoms with Gasteiger partial charge in [-0.15, -0.1) is 0 Å². The molecule has 132 valence electrons. The number of benzene rings is 2. The van der Waals surface area contributed by atoms with Crippen LogP contribution in [0.1, 0.15) is 36.2 Å². The predicted molar refractivity (Wildman–Crippen MR) is 98.4 cm³/mol. The Hall–Kier alpha value is -2.66. The van der Waals surface area contributed by atoms with Gasteiger partial charge < -0.3 is 15.4 Å². The van der Waals surface area contributed by atoms with Gasteiger partial charge in [0.05, 0.1) is 6.61 Å². The van der Waals surface area contributed by atoms with Crippen molar-refractivity contribution < 1.29 is 14.3 Å². The average Bonchev–Trinajstić information content (AvgIpc) is 2.65. The van der Waals surface area contributed by atoms with Crippen molar-refractivity contribution in [3.63, 3.8) is 0 Å². The monoisotopic (exact) mass is 340 g/mol. The number of ether oxygens (including phenoxy) is 1. The Morgan fingerprint density at radius 1 is 1.08 bits per heavy atom. The van der Waals surface area contributed by atoms with Crippen LogP contribution in [0.5, 0.6) is 0 Å². The van der Waals surface area contributed by atoms with Crippen LogP contribution in [0.3, 0.4) is 0 Å². The molecule has 1 unspecified atom stereocenters. The van der Waals surface area contributed by atoms with Gasteiger partial charge in [-0.3, -0.25) is 9.59 Å². The quantitative estimate of drug-likeness (QED) is 0.774. The summed E-state index contributed by atoms with van der Waals surface area (Å²) in [6, 6.07) is 16.6. The molecule has 0 fully saturated rings. The van der Waals surface area contributed by atoms with E-state index in [1.807, 2.05) is 37.3 Å². The number of rotatable bonds is 8. The van der Waals surface area contributed by atoms with Crippen molar-refractivity contribution in [2.45, 2.75) is 33.0 Å². The number of amides is 2. The van der Waals surface area contributed by atoms with Gasteiger partial charge in [0.25, 0.3) is 11.8 Å². The zero-order chi connectivity index (χ0) is 18.1. The number of anilines is 1. The van der Waals surface area contributed by atoms with Gasteiger partial charge in [-0.25, -0.2) is 0 Å². The van der Waals surface area contributed by atoms with Crippen LogP contribution in [-0.2, 0) is 16.1 Å². The maximum atomic E-state index is 12.3. The van der Waals surface area contributed by atoms with Gasteiger partial charge in [-0.1, -0.05) is 43.3 Å². The lowest BCUT2D eigenvalue weighted by Gasteiger charge is -2.14. The zero-order valence-electron chi connectivity index (χ0n) is 14.6. The summed E-state index contributed by atoms with van der Waals surface area (Å²) in [5, 5.41) is 5.60. The van der Waals surface area contributed by atoms with Crippen molar-refractivity contribution in [1.29, 1.82) is 0 Å². The number of hydrogen-bond donors (Lipinski definition) is 2. The Balaban J connectivity index is 1.89. The fraction of sp³-hybridized carbons (Fsp3) is 0.300. The third kappa shape index (κ3) is 6.04. The molecule has 5 heteroatoms. The van der Waals surface area contributed by atoms with Crippen LogP contribution in [0.25, 0.3) is 0 Å². The summed E-state index contributed by atoms with van der Waals surface area (Å²) in [7, 11) is 0. The second-order valence-corrected chi connectivity index (χ2v) is 5.76. The summed E-state index contributed by atoms with van der Waals surface area (Å²) in [5.74, 6) is -0.395. The molecule has 1 atom stereocenters. The van der Waals surface area contributed by atoms with E-state index in [0.29, 0.717) is 24.4 Å². The first-order valence-corrected chi connectivity index (χ1v) is 8.44. The summed E-state index contributed by atoms with van der Waals surface area (Å²) in [4.78, 5) is 24.2. The summed E-state index contributed by atoms with van der Waals surface area (Å²) in [6.07, 6.45) is 0.274. The molecular weight excluding hydrogens is 316 g/mol. The molecule has 2 aromatic carbocycles. The van der Waals surface area contributed by atoms with Gasteiger partial charge in [-0.2, -0.15) is 0 Å². The van der Waals surface area contributed by atoms with Crippen molar-refractivity contribution in [1.82, 2.24) is 5.32 Å². The molecule has 2 rings (SSSR count). The van der Waals surface area contributed by atoms with E-state index in [2.05, 4.69) is 10.6 Å². The molecule has 0 aliphatic carbocycles. The molecule has 0 heterocycles. The van der Waals surface area contributed by atoms with Crippen molar-refractivity contribution >= 4 is 17.5 Å². The number of hydrogen-bond acceptors (Lipinski definition) is 3. The van der Waals surface area contributed by atoms with Crippen molar-refractivity contribution in [3.05, 3.63) is 65.7 Å². The van der Waals surface area contributed by atoms with Gasteiger partial charge in [0, 0.05) is 17.8 Å². The maximum Gasteiger partial charge on any atom is 0.253 e. The smallest absolute Gasteiger partial charge is 0.253 e. The highest BCUT2D eigenvalue weighted by Gasteiger charge is 2.14. The highest BCUT2D eigenvalue weighted by molar-refractivity contribution is 5.98. The third-order valence-corrected chi connectivity index (χ3v) is 3.64. The van der Waals surface area contributed by atoms with E-state index in [1.165, 1.54) is 0 Å². The van der Waals surface area contributed by atoms with E-state index in [-0.39, 0.29) is 11.8 Å². The molecule has 0 aliphatic heterocycles. The molecule has 0 saturated carbocycles. The minimum atomic E-state index is -0.599. The summed E-state index contributed by atoms with van der Waals surface area (Å²) >= 11 is 0. The molecule has 0 aromatic heterocycles. The Kier molecular flexibility index (Phi) is 7.16. The molecule has 0 radical (unpaired) electrons. The minimum absolute atomic E-state index is 0.147. The second kappa shape index (κ2) is 9.59. The van der Waals surface area contributed by atoms with Gasteiger partial charge in [0.1, 0.15) is 6.10 Å². The van der Waals surface area contributed by atoms with Crippen molar-refractivity contribution in [2.75, 3.05) is 11.9 Å². The zero-order valence-corrected chi connectivity index (χ0v) is 14.6. The minimum Gasteiger partial charge on any atom is -0.364 e. The maximum absolute atomic E-state index is 12.3.